The van der Waals surface area contributed by atoms with Gasteiger partial charge in [-0.3, -0.25) is 4.99 Å². The van der Waals surface area contributed by atoms with Crippen LogP contribution in [0, 0.1) is 0 Å². The van der Waals surface area contributed by atoms with Crippen LogP contribution in [-0.2, 0) is 37.0 Å². The van der Waals surface area contributed by atoms with E-state index < -0.39 is 11.7 Å². The minimum atomic E-state index is -4.33. The van der Waals surface area contributed by atoms with Crippen LogP contribution in [0.1, 0.15) is 29.2 Å². The molecule has 0 amide bonds. The number of aromatic nitrogens is 3. The van der Waals surface area contributed by atoms with Gasteiger partial charge in [0, 0.05) is 33.2 Å². The minimum absolute atomic E-state index is 0.128. The van der Waals surface area contributed by atoms with Crippen LogP contribution in [0.15, 0.2) is 29.3 Å². The molecule has 7 nitrogen and oxygen atoms in total. The first-order chi connectivity index (χ1) is 13.4. The van der Waals surface area contributed by atoms with Gasteiger partial charge in [0.25, 0.3) is 0 Å². The molecule has 152 valence electrons. The summed E-state index contributed by atoms with van der Waals surface area (Å²) in [5.74, 6) is 2.20. The second-order valence-corrected chi connectivity index (χ2v) is 6.56. The number of halogens is 3. The third-order valence-corrected chi connectivity index (χ3v) is 4.48. The zero-order valence-electron chi connectivity index (χ0n) is 15.8. The highest BCUT2D eigenvalue weighted by Crippen LogP contribution is 2.29. The molecule has 1 aliphatic heterocycles. The lowest BCUT2D eigenvalue weighted by atomic mass is 10.1. The average molecular weight is 396 g/mol. The van der Waals surface area contributed by atoms with Gasteiger partial charge in [-0.1, -0.05) is 12.1 Å². The van der Waals surface area contributed by atoms with Gasteiger partial charge in [0.1, 0.15) is 12.4 Å². The highest BCUT2D eigenvalue weighted by atomic mass is 19.4. The van der Waals surface area contributed by atoms with Crippen molar-refractivity contribution in [3.63, 3.8) is 0 Å². The molecule has 0 radical (unpaired) electrons. The Morgan fingerprint density at radius 1 is 1.32 bits per heavy atom. The van der Waals surface area contributed by atoms with E-state index in [1.165, 1.54) is 12.1 Å². The van der Waals surface area contributed by atoms with Crippen LogP contribution < -0.4 is 10.6 Å². The van der Waals surface area contributed by atoms with Crippen LogP contribution >= 0.6 is 0 Å². The molecule has 0 fully saturated rings. The molecule has 0 saturated carbocycles. The Kier molecular flexibility index (Phi) is 6.18. The number of fused-ring (bicyclic) bond motifs is 1. The summed E-state index contributed by atoms with van der Waals surface area (Å²) in [6.45, 7) is 1.42. The Labute approximate surface area is 161 Å². The topological polar surface area (TPSA) is 76.4 Å². The zero-order chi connectivity index (χ0) is 20.1. The predicted octanol–water partition coefficient (Wildman–Crippen LogP) is 2.12. The molecule has 10 heteroatoms. The highest BCUT2D eigenvalue weighted by molar-refractivity contribution is 5.79. The molecule has 2 N–H and O–H groups in total. The molecular weight excluding hydrogens is 373 g/mol. The van der Waals surface area contributed by atoms with Crippen molar-refractivity contribution in [3.05, 3.63) is 47.0 Å². The van der Waals surface area contributed by atoms with Crippen molar-refractivity contribution < 1.29 is 17.9 Å². The molecule has 0 aliphatic carbocycles. The Bertz CT molecular complexity index is 816. The maximum Gasteiger partial charge on any atom is 0.416 e. The lowest BCUT2D eigenvalue weighted by Crippen LogP contribution is -2.46. The third kappa shape index (κ3) is 5.00. The molecule has 1 aliphatic rings. The predicted molar refractivity (Wildman–Crippen MR) is 97.6 cm³/mol. The average Bonchev–Trinajstić information content (AvgIpc) is 3.06. The summed E-state index contributed by atoms with van der Waals surface area (Å²) in [5.41, 5.74) is 0.0832. The molecule has 1 atom stereocenters. The maximum absolute atomic E-state index is 12.6. The van der Waals surface area contributed by atoms with E-state index in [0.29, 0.717) is 31.5 Å². The maximum atomic E-state index is 12.6. The number of hydrogen-bond donors (Lipinski definition) is 2. The first-order valence-corrected chi connectivity index (χ1v) is 8.94. The lowest BCUT2D eigenvalue weighted by molar-refractivity contribution is -0.137. The van der Waals surface area contributed by atoms with Gasteiger partial charge in [-0.05, 0) is 24.1 Å². The number of aryl methyl sites for hydroxylation is 1. The number of methoxy groups -OCH3 is 1. The van der Waals surface area contributed by atoms with E-state index in [1.54, 1.807) is 14.2 Å². The van der Waals surface area contributed by atoms with Gasteiger partial charge < -0.3 is 15.4 Å². The fourth-order valence-electron chi connectivity index (χ4n) is 3.05. The summed E-state index contributed by atoms with van der Waals surface area (Å²) in [4.78, 5) is 8.64. The van der Waals surface area contributed by atoms with E-state index in [4.69, 9.17) is 4.74 Å². The highest BCUT2D eigenvalue weighted by Gasteiger charge is 2.30. The van der Waals surface area contributed by atoms with Crippen molar-refractivity contribution in [1.29, 1.82) is 0 Å². The van der Waals surface area contributed by atoms with Crippen molar-refractivity contribution in [2.45, 2.75) is 44.8 Å². The van der Waals surface area contributed by atoms with Crippen molar-refractivity contribution in [2.24, 2.45) is 4.99 Å². The molecule has 1 aromatic heterocycles. The molecule has 2 heterocycles. The SMILES string of the molecule is CN=C(NCc1ccc(C(F)(F)F)cc1)NC1CCc2nc(COC)nn2C1. The summed E-state index contributed by atoms with van der Waals surface area (Å²) >= 11 is 0. The van der Waals surface area contributed by atoms with Crippen LogP contribution in [0.5, 0.6) is 0 Å². The van der Waals surface area contributed by atoms with Crippen molar-refractivity contribution >= 4 is 5.96 Å². The van der Waals surface area contributed by atoms with Crippen molar-refractivity contribution in [3.8, 4) is 0 Å². The van der Waals surface area contributed by atoms with E-state index >= 15 is 0 Å². The number of nitrogens with one attached hydrogen (secondary N) is 2. The molecule has 3 rings (SSSR count). The quantitative estimate of drug-likeness (QED) is 0.598. The van der Waals surface area contributed by atoms with Gasteiger partial charge >= 0.3 is 6.18 Å². The summed E-state index contributed by atoms with van der Waals surface area (Å²) in [5, 5.41) is 10.9. The molecule has 1 aromatic carbocycles. The lowest BCUT2D eigenvalue weighted by Gasteiger charge is -2.25. The smallest absolute Gasteiger partial charge is 0.377 e. The molecule has 2 aromatic rings. The van der Waals surface area contributed by atoms with Gasteiger partial charge in [0.05, 0.1) is 12.1 Å². The number of guanidine groups is 1. The zero-order valence-corrected chi connectivity index (χ0v) is 15.8. The van der Waals surface area contributed by atoms with E-state index in [2.05, 4.69) is 25.7 Å². The normalized spacial score (nSPS) is 17.3. The van der Waals surface area contributed by atoms with E-state index in [1.807, 2.05) is 4.68 Å². The summed E-state index contributed by atoms with van der Waals surface area (Å²) in [6.07, 6.45) is -2.65. The van der Waals surface area contributed by atoms with Gasteiger partial charge in [-0.25, -0.2) is 9.67 Å². The fourth-order valence-corrected chi connectivity index (χ4v) is 3.05. The molecule has 0 spiro atoms. The molecule has 0 saturated heterocycles. The number of rotatable bonds is 5. The van der Waals surface area contributed by atoms with Gasteiger partial charge in [-0.2, -0.15) is 18.3 Å². The Balaban J connectivity index is 1.53. The summed E-state index contributed by atoms with van der Waals surface area (Å²) in [6, 6.07) is 5.21. The van der Waals surface area contributed by atoms with E-state index in [0.717, 1.165) is 36.4 Å². The second kappa shape index (κ2) is 8.59. The fraction of sp³-hybridized carbons (Fsp3) is 0.500. The van der Waals surface area contributed by atoms with Crippen LogP contribution in [0.25, 0.3) is 0 Å². The number of aliphatic imine (C=N–C) groups is 1. The van der Waals surface area contributed by atoms with Crippen LogP contribution in [0.2, 0.25) is 0 Å². The van der Waals surface area contributed by atoms with Crippen LogP contribution in [0.3, 0.4) is 0 Å². The Hall–Kier alpha value is -2.62. The van der Waals surface area contributed by atoms with Gasteiger partial charge in [0.15, 0.2) is 11.8 Å². The first kappa shape index (κ1) is 20.1. The minimum Gasteiger partial charge on any atom is -0.377 e. The summed E-state index contributed by atoms with van der Waals surface area (Å²) < 4.78 is 44.8. The third-order valence-electron chi connectivity index (χ3n) is 4.48. The van der Waals surface area contributed by atoms with Crippen LogP contribution in [-0.4, -0.2) is 40.9 Å². The number of ether oxygens (including phenoxy) is 1. The van der Waals surface area contributed by atoms with Crippen molar-refractivity contribution in [2.75, 3.05) is 14.2 Å². The number of alkyl halides is 3. The summed E-state index contributed by atoms with van der Waals surface area (Å²) in [7, 11) is 3.26. The van der Waals surface area contributed by atoms with E-state index in [-0.39, 0.29) is 6.04 Å². The number of benzene rings is 1. The molecule has 0 bridgehead atoms. The molecule has 28 heavy (non-hydrogen) atoms. The largest absolute Gasteiger partial charge is 0.416 e. The standard InChI is InChI=1S/C18H23F3N6O/c1-22-17(23-9-12-3-5-13(6-4-12)18(19,20)21)24-14-7-8-16-25-15(11-28-2)26-27(16)10-14/h3-6,14H,7-11H2,1-2H3,(H2,22,23,24). The van der Waals surface area contributed by atoms with E-state index in [9.17, 15) is 13.2 Å². The number of hydrogen-bond acceptors (Lipinski definition) is 4. The molecule has 1 unspecified atom stereocenters. The molecular formula is C18H23F3N6O. The first-order valence-electron chi connectivity index (χ1n) is 8.94. The Morgan fingerprint density at radius 3 is 2.71 bits per heavy atom. The monoisotopic (exact) mass is 396 g/mol. The number of nitrogens with zero attached hydrogens (tertiary/aromatic N) is 4. The van der Waals surface area contributed by atoms with Crippen molar-refractivity contribution in [1.82, 2.24) is 25.4 Å². The van der Waals surface area contributed by atoms with Gasteiger partial charge in [-0.15, -0.1) is 0 Å². The van der Waals surface area contributed by atoms with Gasteiger partial charge in [0.2, 0.25) is 0 Å². The van der Waals surface area contributed by atoms with Crippen LogP contribution in [0.4, 0.5) is 13.2 Å². The second-order valence-electron chi connectivity index (χ2n) is 6.56. The Morgan fingerprint density at radius 2 is 2.07 bits per heavy atom.